The Morgan fingerprint density at radius 2 is 1.90 bits per heavy atom. The Bertz CT molecular complexity index is 912. The van der Waals surface area contributed by atoms with Crippen LogP contribution < -0.4 is 10.1 Å². The van der Waals surface area contributed by atoms with Gasteiger partial charge < -0.3 is 15.0 Å². The van der Waals surface area contributed by atoms with Crippen LogP contribution >= 0.6 is 27.5 Å². The number of ether oxygens (including phenoxy) is 1. The molecule has 0 radical (unpaired) electrons. The highest BCUT2D eigenvalue weighted by atomic mass is 79.9. The summed E-state index contributed by atoms with van der Waals surface area (Å²) in [4.78, 5) is 27.4. The Morgan fingerprint density at radius 1 is 1.20 bits per heavy atom. The van der Waals surface area contributed by atoms with Gasteiger partial charge in [-0.2, -0.15) is 0 Å². The fraction of sp³-hybridized carbons (Fsp3) is 0.391. The molecule has 0 fully saturated rings. The zero-order chi connectivity index (χ0) is 22.5. The molecule has 7 heteroatoms. The van der Waals surface area contributed by atoms with E-state index in [1.165, 1.54) is 0 Å². The average molecular weight is 496 g/mol. The summed E-state index contributed by atoms with van der Waals surface area (Å²) in [7, 11) is 0. The molecule has 0 unspecified atom stereocenters. The molecule has 0 saturated carbocycles. The number of nitrogens with one attached hydrogen (secondary N) is 1. The first-order valence-electron chi connectivity index (χ1n) is 9.71. The van der Waals surface area contributed by atoms with Gasteiger partial charge in [-0.3, -0.25) is 9.59 Å². The molecule has 2 amide bonds. The third kappa shape index (κ3) is 7.33. The number of carbonyl (C=O) groups is 2. The lowest BCUT2D eigenvalue weighted by Gasteiger charge is -2.31. The minimum atomic E-state index is -0.658. The van der Waals surface area contributed by atoms with E-state index in [4.69, 9.17) is 16.3 Å². The van der Waals surface area contributed by atoms with Crippen LogP contribution in [-0.2, 0) is 16.1 Å². The second-order valence-electron chi connectivity index (χ2n) is 8.29. The van der Waals surface area contributed by atoms with Gasteiger partial charge in [0.05, 0.1) is 4.47 Å². The third-order valence-electron chi connectivity index (χ3n) is 4.35. The van der Waals surface area contributed by atoms with Gasteiger partial charge in [0.15, 0.2) is 6.61 Å². The van der Waals surface area contributed by atoms with E-state index in [9.17, 15) is 9.59 Å². The molecule has 0 aliphatic carbocycles. The summed E-state index contributed by atoms with van der Waals surface area (Å²) in [6.45, 7) is 9.56. The van der Waals surface area contributed by atoms with Crippen molar-refractivity contribution in [2.24, 2.45) is 0 Å². The summed E-state index contributed by atoms with van der Waals surface area (Å²) in [6, 6.07) is 12.3. The van der Waals surface area contributed by atoms with E-state index in [2.05, 4.69) is 21.2 Å². The van der Waals surface area contributed by atoms with E-state index < -0.39 is 11.6 Å². The van der Waals surface area contributed by atoms with Crippen LogP contribution in [-0.4, -0.2) is 34.9 Å². The minimum absolute atomic E-state index is 0.195. The van der Waals surface area contributed by atoms with E-state index in [0.717, 1.165) is 11.1 Å². The maximum atomic E-state index is 13.1. The fourth-order valence-electron chi connectivity index (χ4n) is 2.88. The molecule has 0 aliphatic heterocycles. The van der Waals surface area contributed by atoms with Crippen molar-refractivity contribution in [2.45, 2.75) is 52.7 Å². The second kappa shape index (κ2) is 10.3. The van der Waals surface area contributed by atoms with Crippen molar-refractivity contribution in [3.63, 3.8) is 0 Å². The monoisotopic (exact) mass is 494 g/mol. The summed E-state index contributed by atoms with van der Waals surface area (Å²) in [6.07, 6.45) is 0. The SMILES string of the molecule is Cc1cccc(CN(C(=O)COc2ccc(Cl)cc2Br)[C@H](C)C(=O)NC(C)(C)C)c1. The number of hydrogen-bond donors (Lipinski definition) is 1. The summed E-state index contributed by atoms with van der Waals surface area (Å²) < 4.78 is 6.36. The normalized spacial score (nSPS) is 12.2. The van der Waals surface area contributed by atoms with Crippen molar-refractivity contribution in [3.8, 4) is 5.75 Å². The Morgan fingerprint density at radius 3 is 2.50 bits per heavy atom. The van der Waals surface area contributed by atoms with Crippen LogP contribution in [0.25, 0.3) is 0 Å². The topological polar surface area (TPSA) is 58.6 Å². The number of amides is 2. The predicted octanol–water partition coefficient (Wildman–Crippen LogP) is 5.12. The number of nitrogens with zero attached hydrogens (tertiary/aromatic N) is 1. The lowest BCUT2D eigenvalue weighted by atomic mass is 10.1. The van der Waals surface area contributed by atoms with Gasteiger partial charge in [-0.15, -0.1) is 0 Å². The maximum absolute atomic E-state index is 13.1. The zero-order valence-electron chi connectivity index (χ0n) is 18.0. The molecule has 0 spiro atoms. The van der Waals surface area contributed by atoms with Crippen LogP contribution in [0.2, 0.25) is 5.02 Å². The quantitative estimate of drug-likeness (QED) is 0.580. The average Bonchev–Trinajstić information content (AvgIpc) is 2.63. The molecule has 30 heavy (non-hydrogen) atoms. The molecule has 2 rings (SSSR count). The molecule has 5 nitrogen and oxygen atoms in total. The highest BCUT2D eigenvalue weighted by Crippen LogP contribution is 2.28. The van der Waals surface area contributed by atoms with Crippen molar-refractivity contribution < 1.29 is 14.3 Å². The summed E-state index contributed by atoms with van der Waals surface area (Å²) in [5.41, 5.74) is 1.65. The number of benzene rings is 2. The van der Waals surface area contributed by atoms with Gasteiger partial charge in [-0.25, -0.2) is 0 Å². The van der Waals surface area contributed by atoms with Gasteiger partial charge >= 0.3 is 0 Å². The summed E-state index contributed by atoms with van der Waals surface area (Å²) >= 11 is 9.34. The molecule has 1 atom stereocenters. The van der Waals surface area contributed by atoms with Crippen molar-refractivity contribution in [3.05, 3.63) is 63.1 Å². The van der Waals surface area contributed by atoms with Gasteiger partial charge in [0.1, 0.15) is 11.8 Å². The molecular formula is C23H28BrClN2O3. The Hall–Kier alpha value is -2.05. The Labute approximate surface area is 191 Å². The molecule has 0 saturated heterocycles. The minimum Gasteiger partial charge on any atom is -0.483 e. The smallest absolute Gasteiger partial charge is 0.261 e. The van der Waals surface area contributed by atoms with Crippen LogP contribution in [0.5, 0.6) is 5.75 Å². The molecule has 0 heterocycles. The van der Waals surface area contributed by atoms with Gasteiger partial charge in [0.2, 0.25) is 5.91 Å². The molecule has 162 valence electrons. The first kappa shape index (κ1) is 24.2. The van der Waals surface area contributed by atoms with Crippen molar-refractivity contribution >= 4 is 39.3 Å². The van der Waals surface area contributed by atoms with E-state index in [0.29, 0.717) is 21.8 Å². The van der Waals surface area contributed by atoms with Gasteiger partial charge in [-0.05, 0) is 74.3 Å². The molecule has 0 aliphatic rings. The van der Waals surface area contributed by atoms with E-state index in [1.54, 1.807) is 30.0 Å². The number of halogens is 2. The number of aryl methyl sites for hydroxylation is 1. The van der Waals surface area contributed by atoms with Crippen molar-refractivity contribution in [1.82, 2.24) is 10.2 Å². The summed E-state index contributed by atoms with van der Waals surface area (Å²) in [5, 5.41) is 3.51. The van der Waals surface area contributed by atoms with Crippen LogP contribution in [0.4, 0.5) is 0 Å². The lowest BCUT2D eigenvalue weighted by molar-refractivity contribution is -0.142. The molecule has 0 bridgehead atoms. The van der Waals surface area contributed by atoms with Crippen LogP contribution in [0.3, 0.4) is 0 Å². The molecule has 2 aromatic carbocycles. The lowest BCUT2D eigenvalue weighted by Crippen LogP contribution is -2.53. The van der Waals surface area contributed by atoms with Crippen LogP contribution in [0.1, 0.15) is 38.8 Å². The number of carbonyl (C=O) groups excluding carboxylic acids is 2. The van der Waals surface area contributed by atoms with Crippen molar-refractivity contribution in [2.75, 3.05) is 6.61 Å². The Kier molecular flexibility index (Phi) is 8.33. The van der Waals surface area contributed by atoms with Gasteiger partial charge in [-0.1, -0.05) is 41.4 Å². The first-order chi connectivity index (χ1) is 14.0. The predicted molar refractivity (Wildman–Crippen MR) is 124 cm³/mol. The third-order valence-corrected chi connectivity index (χ3v) is 5.20. The second-order valence-corrected chi connectivity index (χ2v) is 9.58. The summed E-state index contributed by atoms with van der Waals surface area (Å²) in [5.74, 6) is 0.0149. The van der Waals surface area contributed by atoms with E-state index in [1.807, 2.05) is 52.0 Å². The molecule has 2 aromatic rings. The van der Waals surface area contributed by atoms with E-state index >= 15 is 0 Å². The number of hydrogen-bond acceptors (Lipinski definition) is 3. The first-order valence-corrected chi connectivity index (χ1v) is 10.9. The molecule has 1 N–H and O–H groups in total. The standard InChI is InChI=1S/C23H28BrClN2O3/c1-15-7-6-8-17(11-15)13-27(16(2)22(29)26-23(3,4)5)21(28)14-30-20-10-9-18(25)12-19(20)24/h6-12,16H,13-14H2,1-5H3,(H,26,29)/t16-/m1/s1. The maximum Gasteiger partial charge on any atom is 0.261 e. The number of rotatable bonds is 7. The van der Waals surface area contributed by atoms with E-state index in [-0.39, 0.29) is 18.4 Å². The molecule has 0 aromatic heterocycles. The zero-order valence-corrected chi connectivity index (χ0v) is 20.3. The van der Waals surface area contributed by atoms with Gasteiger partial charge in [0.25, 0.3) is 5.91 Å². The molecular weight excluding hydrogens is 468 g/mol. The van der Waals surface area contributed by atoms with Crippen LogP contribution in [0, 0.1) is 6.92 Å². The van der Waals surface area contributed by atoms with Crippen LogP contribution in [0.15, 0.2) is 46.9 Å². The highest BCUT2D eigenvalue weighted by molar-refractivity contribution is 9.10. The Balaban J connectivity index is 2.20. The highest BCUT2D eigenvalue weighted by Gasteiger charge is 2.28. The van der Waals surface area contributed by atoms with Crippen molar-refractivity contribution in [1.29, 1.82) is 0 Å². The van der Waals surface area contributed by atoms with Gasteiger partial charge in [0, 0.05) is 17.1 Å². The largest absolute Gasteiger partial charge is 0.483 e. The fourth-order valence-corrected chi connectivity index (χ4v) is 3.68.